The summed E-state index contributed by atoms with van der Waals surface area (Å²) in [5, 5.41) is 18.1. The summed E-state index contributed by atoms with van der Waals surface area (Å²) < 4.78 is 0.882. The predicted molar refractivity (Wildman–Crippen MR) is 87.8 cm³/mol. The minimum Gasteiger partial charge on any atom is -0.506 e. The zero-order valence-corrected chi connectivity index (χ0v) is 18.2. The quantitative estimate of drug-likeness (QED) is 0.512. The standard InChI is InChI=1S/C15H17BrN4O.U/c1-3-20(4-2)12-6-7-13(14(21)9-12)18-19-15-8-5-11(16)10-17-15;/h5-10,21H,3-4H2,1-2H3;. The molecule has 1 N–H and O–H groups in total. The molecule has 0 aliphatic rings. The van der Waals surface area contributed by atoms with Gasteiger partial charge in [0.15, 0.2) is 5.82 Å². The number of aromatic hydroxyl groups is 1. The second kappa shape index (κ2) is 9.29. The molecule has 0 spiro atoms. The normalized spacial score (nSPS) is 10.5. The van der Waals surface area contributed by atoms with E-state index in [1.54, 1.807) is 24.4 Å². The van der Waals surface area contributed by atoms with Crippen LogP contribution in [0.4, 0.5) is 17.2 Å². The molecule has 2 aromatic rings. The van der Waals surface area contributed by atoms with Gasteiger partial charge in [0, 0.05) is 66.6 Å². The largest absolute Gasteiger partial charge is 0.506 e. The summed E-state index contributed by atoms with van der Waals surface area (Å²) in [7, 11) is 0. The molecular formula is C15H17BrN4OU. The summed E-state index contributed by atoms with van der Waals surface area (Å²) in [5.41, 5.74) is 1.40. The first-order valence-electron chi connectivity index (χ1n) is 6.75. The van der Waals surface area contributed by atoms with Crippen LogP contribution in [0.1, 0.15) is 13.8 Å². The van der Waals surface area contributed by atoms with Gasteiger partial charge in [-0.25, -0.2) is 4.98 Å². The third kappa shape index (κ3) is 5.08. The van der Waals surface area contributed by atoms with E-state index in [0.717, 1.165) is 23.2 Å². The van der Waals surface area contributed by atoms with E-state index in [9.17, 15) is 5.11 Å². The van der Waals surface area contributed by atoms with E-state index >= 15 is 0 Å². The first kappa shape index (κ1) is 19.1. The number of aromatic nitrogens is 1. The van der Waals surface area contributed by atoms with Gasteiger partial charge < -0.3 is 10.0 Å². The molecule has 0 amide bonds. The molecule has 114 valence electrons. The Morgan fingerprint density at radius 1 is 1.14 bits per heavy atom. The van der Waals surface area contributed by atoms with E-state index < -0.39 is 0 Å². The molecule has 0 unspecified atom stereocenters. The molecule has 5 nitrogen and oxygen atoms in total. The van der Waals surface area contributed by atoms with Crippen LogP contribution in [0.5, 0.6) is 5.75 Å². The maximum atomic E-state index is 10.0. The van der Waals surface area contributed by atoms with Crippen molar-refractivity contribution in [2.75, 3.05) is 18.0 Å². The molecule has 1 aromatic carbocycles. The van der Waals surface area contributed by atoms with E-state index in [-0.39, 0.29) is 36.9 Å². The van der Waals surface area contributed by atoms with Gasteiger partial charge in [-0.15, -0.1) is 10.2 Å². The molecule has 0 fully saturated rings. The van der Waals surface area contributed by atoms with Gasteiger partial charge in [0.05, 0.1) is 0 Å². The fourth-order valence-corrected chi connectivity index (χ4v) is 2.15. The number of rotatable bonds is 5. The van der Waals surface area contributed by atoms with Gasteiger partial charge in [0.1, 0.15) is 11.4 Å². The van der Waals surface area contributed by atoms with Crippen molar-refractivity contribution in [3.8, 4) is 5.75 Å². The van der Waals surface area contributed by atoms with Crippen LogP contribution in [0.15, 0.2) is 51.2 Å². The minimum absolute atomic E-state index is 0. The van der Waals surface area contributed by atoms with Crippen molar-refractivity contribution >= 4 is 33.1 Å². The number of nitrogens with zero attached hydrogens (tertiary/aromatic N) is 4. The first-order chi connectivity index (χ1) is 10.1. The Hall–Kier alpha value is -0.898. The van der Waals surface area contributed by atoms with Crippen molar-refractivity contribution in [1.82, 2.24) is 4.98 Å². The molecule has 0 radical (unpaired) electrons. The van der Waals surface area contributed by atoms with Gasteiger partial charge in [-0.2, -0.15) is 0 Å². The molecule has 2 rings (SSSR count). The van der Waals surface area contributed by atoms with Crippen LogP contribution in [0.3, 0.4) is 0 Å². The van der Waals surface area contributed by atoms with E-state index in [0.29, 0.717) is 11.5 Å². The predicted octanol–water partition coefficient (Wildman–Crippen LogP) is 4.81. The number of hydrogen-bond acceptors (Lipinski definition) is 5. The number of azo groups is 1. The second-order valence-corrected chi connectivity index (χ2v) is 5.30. The number of phenolic OH excluding ortho intramolecular Hbond substituents is 1. The van der Waals surface area contributed by atoms with Crippen molar-refractivity contribution < 1.29 is 36.2 Å². The fraction of sp³-hybridized carbons (Fsp3) is 0.267. The Bertz CT molecular complexity index is 630. The maximum absolute atomic E-state index is 10.0. The second-order valence-electron chi connectivity index (χ2n) is 4.38. The summed E-state index contributed by atoms with van der Waals surface area (Å²) >= 11 is 3.31. The van der Waals surface area contributed by atoms with Crippen LogP contribution in [0.25, 0.3) is 0 Å². The number of hydrogen-bond donors (Lipinski definition) is 1. The topological polar surface area (TPSA) is 61.1 Å². The monoisotopic (exact) mass is 586 g/mol. The molecule has 22 heavy (non-hydrogen) atoms. The Balaban J connectivity index is 0.00000242. The Kier molecular flexibility index (Phi) is 8.08. The fourth-order valence-electron chi connectivity index (χ4n) is 1.91. The van der Waals surface area contributed by atoms with Gasteiger partial charge in [-0.05, 0) is 54.0 Å². The molecule has 1 aromatic heterocycles. The molecule has 0 saturated heterocycles. The Morgan fingerprint density at radius 2 is 1.86 bits per heavy atom. The SMILES string of the molecule is CCN(CC)c1ccc(N=Nc2ccc(Br)cn2)c(O)c1.[U]. The number of halogens is 1. The van der Waals surface area contributed by atoms with Crippen molar-refractivity contribution in [1.29, 1.82) is 0 Å². The van der Waals surface area contributed by atoms with Gasteiger partial charge in [-0.1, -0.05) is 0 Å². The third-order valence-electron chi connectivity index (χ3n) is 3.06. The van der Waals surface area contributed by atoms with E-state index in [2.05, 4.69) is 49.9 Å². The van der Waals surface area contributed by atoms with Crippen molar-refractivity contribution in [3.05, 3.63) is 41.0 Å². The first-order valence-corrected chi connectivity index (χ1v) is 7.54. The summed E-state index contributed by atoms with van der Waals surface area (Å²) in [6.45, 7) is 5.93. The smallest absolute Gasteiger partial charge is 0.174 e. The van der Waals surface area contributed by atoms with E-state index in [1.807, 2.05) is 12.1 Å². The Labute approximate surface area is 162 Å². The number of anilines is 1. The number of pyridine rings is 1. The van der Waals surface area contributed by atoms with Gasteiger partial charge in [0.25, 0.3) is 0 Å². The molecular weight excluding hydrogens is 570 g/mol. The zero-order chi connectivity index (χ0) is 15.2. The van der Waals surface area contributed by atoms with E-state index in [4.69, 9.17) is 0 Å². The van der Waals surface area contributed by atoms with Crippen LogP contribution in [-0.4, -0.2) is 23.2 Å². The molecule has 7 heteroatoms. The molecule has 0 bridgehead atoms. The zero-order valence-electron chi connectivity index (χ0n) is 12.5. The summed E-state index contributed by atoms with van der Waals surface area (Å²) in [4.78, 5) is 6.25. The van der Waals surface area contributed by atoms with E-state index in [1.165, 1.54) is 0 Å². The minimum atomic E-state index is 0. The van der Waals surface area contributed by atoms with Crippen LogP contribution in [0, 0.1) is 31.1 Å². The van der Waals surface area contributed by atoms with Crippen molar-refractivity contribution in [2.24, 2.45) is 10.2 Å². The summed E-state index contributed by atoms with van der Waals surface area (Å²) in [5.74, 6) is 0.602. The number of benzene rings is 1. The third-order valence-corrected chi connectivity index (χ3v) is 3.53. The van der Waals surface area contributed by atoms with Crippen molar-refractivity contribution in [3.63, 3.8) is 0 Å². The molecule has 0 saturated carbocycles. The average Bonchev–Trinajstić information content (AvgIpc) is 2.49. The Morgan fingerprint density at radius 3 is 2.41 bits per heavy atom. The van der Waals surface area contributed by atoms with Crippen LogP contribution < -0.4 is 4.90 Å². The molecule has 0 aliphatic carbocycles. The van der Waals surface area contributed by atoms with Gasteiger partial charge in [0.2, 0.25) is 0 Å². The summed E-state index contributed by atoms with van der Waals surface area (Å²) in [6.07, 6.45) is 1.65. The maximum Gasteiger partial charge on any atom is 0.174 e. The van der Waals surface area contributed by atoms with Gasteiger partial charge in [-0.3, -0.25) is 0 Å². The molecule has 0 atom stereocenters. The van der Waals surface area contributed by atoms with Gasteiger partial charge >= 0.3 is 0 Å². The van der Waals surface area contributed by atoms with Crippen LogP contribution >= 0.6 is 15.9 Å². The van der Waals surface area contributed by atoms with Crippen LogP contribution in [-0.2, 0) is 0 Å². The van der Waals surface area contributed by atoms with Crippen LogP contribution in [0.2, 0.25) is 0 Å². The average molecular weight is 587 g/mol. The number of phenols is 1. The van der Waals surface area contributed by atoms with Crippen molar-refractivity contribution in [2.45, 2.75) is 13.8 Å². The molecule has 1 heterocycles. The molecule has 0 aliphatic heterocycles. The summed E-state index contributed by atoms with van der Waals surface area (Å²) in [6, 6.07) is 8.97.